The fourth-order valence-corrected chi connectivity index (χ4v) is 4.72. The maximum Gasteiger partial charge on any atom is 0.333 e. The molecule has 2 aromatic heterocycles. The Labute approximate surface area is 227 Å². The summed E-state index contributed by atoms with van der Waals surface area (Å²) < 4.78 is 13.5. The number of methoxy groups -OCH3 is 2. The number of benzene rings is 2. The zero-order valence-electron chi connectivity index (χ0n) is 21.5. The van der Waals surface area contributed by atoms with Gasteiger partial charge in [-0.2, -0.15) is 0 Å². The number of ether oxygens (including phenoxy) is 2. The molecular formula is C26H26N6O6S. The fourth-order valence-electron chi connectivity index (χ4n) is 3.94. The number of para-hydroxylation sites is 1. The highest BCUT2D eigenvalue weighted by molar-refractivity contribution is 7.99. The molecule has 202 valence electrons. The molecule has 12 nitrogen and oxygen atoms in total. The van der Waals surface area contributed by atoms with Crippen molar-refractivity contribution >= 4 is 29.3 Å². The lowest BCUT2D eigenvalue weighted by Crippen LogP contribution is -2.45. The van der Waals surface area contributed by atoms with Crippen LogP contribution in [0.1, 0.15) is 15.9 Å². The molecule has 4 aromatic rings. The summed E-state index contributed by atoms with van der Waals surface area (Å²) in [6, 6.07) is 16.2. The van der Waals surface area contributed by atoms with Crippen LogP contribution in [0.15, 0.2) is 69.3 Å². The van der Waals surface area contributed by atoms with Gasteiger partial charge >= 0.3 is 11.7 Å². The number of hydrogen-bond donors (Lipinski definition) is 1. The molecule has 0 saturated heterocycles. The fraction of sp³-hybridized carbons (Fsp3) is 0.231. The Morgan fingerprint density at radius 1 is 0.974 bits per heavy atom. The Balaban J connectivity index is 1.68. The van der Waals surface area contributed by atoms with E-state index in [1.165, 1.54) is 0 Å². The molecule has 39 heavy (non-hydrogen) atoms. The second kappa shape index (κ2) is 11.8. The van der Waals surface area contributed by atoms with E-state index in [9.17, 15) is 19.2 Å². The van der Waals surface area contributed by atoms with E-state index in [1.54, 1.807) is 49.1 Å². The molecule has 0 fully saturated rings. The summed E-state index contributed by atoms with van der Waals surface area (Å²) in [5, 5.41) is 8.81. The molecule has 2 aromatic carbocycles. The van der Waals surface area contributed by atoms with Crippen molar-refractivity contribution in [2.75, 3.05) is 25.7 Å². The van der Waals surface area contributed by atoms with Crippen LogP contribution >= 0.6 is 11.8 Å². The zero-order chi connectivity index (χ0) is 28.1. The number of esters is 1. The minimum Gasteiger partial charge on any atom is -0.496 e. The highest BCUT2D eigenvalue weighted by Gasteiger charge is 2.25. The van der Waals surface area contributed by atoms with Gasteiger partial charge in [-0.1, -0.05) is 54.2 Å². The first-order valence-electron chi connectivity index (χ1n) is 11.7. The Bertz CT molecular complexity index is 1640. The number of nitrogens with two attached hydrogens (primary N) is 1. The number of rotatable bonds is 10. The number of thioether (sulfide) groups is 1. The SMILES string of the molecule is COC(=O)Cn1c(=O)c(C(=O)CSc2nnc(-c3ccccc3OC)n2C)c(N)n(Cc2ccccc2)c1=O. The van der Waals surface area contributed by atoms with Crippen molar-refractivity contribution in [2.45, 2.75) is 18.2 Å². The number of anilines is 1. The lowest BCUT2D eigenvalue weighted by molar-refractivity contribution is -0.141. The van der Waals surface area contributed by atoms with Crippen LogP contribution in [0.3, 0.4) is 0 Å². The van der Waals surface area contributed by atoms with E-state index in [0.29, 0.717) is 26.9 Å². The molecule has 0 radical (unpaired) electrons. The first-order valence-corrected chi connectivity index (χ1v) is 12.7. The van der Waals surface area contributed by atoms with Gasteiger partial charge in [-0.25, -0.2) is 9.36 Å². The van der Waals surface area contributed by atoms with Crippen LogP contribution < -0.4 is 21.7 Å². The van der Waals surface area contributed by atoms with E-state index in [0.717, 1.165) is 29.0 Å². The molecule has 0 unspecified atom stereocenters. The molecule has 4 rings (SSSR count). The first kappa shape index (κ1) is 27.4. The maximum absolute atomic E-state index is 13.3. The maximum atomic E-state index is 13.3. The van der Waals surface area contributed by atoms with E-state index >= 15 is 0 Å². The van der Waals surface area contributed by atoms with Crippen molar-refractivity contribution in [1.82, 2.24) is 23.9 Å². The van der Waals surface area contributed by atoms with Crippen molar-refractivity contribution < 1.29 is 19.1 Å². The zero-order valence-corrected chi connectivity index (χ0v) is 22.3. The van der Waals surface area contributed by atoms with Crippen LogP contribution in [0.2, 0.25) is 0 Å². The molecule has 13 heteroatoms. The Morgan fingerprint density at radius 3 is 2.36 bits per heavy atom. The lowest BCUT2D eigenvalue weighted by atomic mass is 10.2. The molecule has 0 aliphatic rings. The number of carbonyl (C=O) groups excluding carboxylic acids is 2. The van der Waals surface area contributed by atoms with Gasteiger partial charge in [0.1, 0.15) is 23.7 Å². The largest absolute Gasteiger partial charge is 0.496 e. The molecule has 0 spiro atoms. The standard InChI is InChI=1S/C26H26N6O6S/c1-30-23(17-11-7-8-12-19(17)37-2)28-29-25(30)39-15-18(33)21-22(27)31(13-16-9-5-4-6-10-16)26(36)32(24(21)35)14-20(34)38-3/h4-12H,13-15,27H2,1-3H3. The van der Waals surface area contributed by atoms with Crippen molar-refractivity contribution in [2.24, 2.45) is 7.05 Å². The van der Waals surface area contributed by atoms with Gasteiger partial charge in [-0.15, -0.1) is 10.2 Å². The Morgan fingerprint density at radius 2 is 1.67 bits per heavy atom. The number of Topliss-reactive ketones (excluding diaryl/α,β-unsaturated/α-hetero) is 1. The van der Waals surface area contributed by atoms with Crippen LogP contribution in [-0.4, -0.2) is 55.6 Å². The molecule has 2 heterocycles. The van der Waals surface area contributed by atoms with Gasteiger partial charge in [-0.3, -0.25) is 19.0 Å². The van der Waals surface area contributed by atoms with E-state index < -0.39 is 35.1 Å². The molecule has 0 saturated carbocycles. The van der Waals surface area contributed by atoms with Crippen LogP contribution in [0.25, 0.3) is 11.4 Å². The van der Waals surface area contributed by atoms with Gasteiger partial charge < -0.3 is 19.8 Å². The van der Waals surface area contributed by atoms with Crippen molar-refractivity contribution in [3.63, 3.8) is 0 Å². The van der Waals surface area contributed by atoms with Gasteiger partial charge in [0.25, 0.3) is 5.56 Å². The van der Waals surface area contributed by atoms with Crippen LogP contribution in [0, 0.1) is 0 Å². The lowest BCUT2D eigenvalue weighted by Gasteiger charge is -2.16. The second-order valence-corrected chi connectivity index (χ2v) is 9.30. The molecule has 0 bridgehead atoms. The minimum atomic E-state index is -0.967. The van der Waals surface area contributed by atoms with Crippen molar-refractivity contribution in [1.29, 1.82) is 0 Å². The van der Waals surface area contributed by atoms with Crippen LogP contribution in [0.5, 0.6) is 5.75 Å². The number of nitrogens with zero attached hydrogens (tertiary/aromatic N) is 5. The van der Waals surface area contributed by atoms with Gasteiger partial charge in [0.05, 0.1) is 32.1 Å². The normalized spacial score (nSPS) is 10.8. The molecule has 0 aliphatic heterocycles. The minimum absolute atomic E-state index is 0.00800. The summed E-state index contributed by atoms with van der Waals surface area (Å²) in [5.41, 5.74) is 5.48. The van der Waals surface area contributed by atoms with E-state index in [2.05, 4.69) is 14.9 Å². The van der Waals surface area contributed by atoms with Gasteiger partial charge in [0.15, 0.2) is 16.8 Å². The third-order valence-corrected chi connectivity index (χ3v) is 6.98. The van der Waals surface area contributed by atoms with Crippen LogP contribution in [-0.2, 0) is 29.7 Å². The van der Waals surface area contributed by atoms with Gasteiger partial charge in [0, 0.05) is 7.05 Å². The van der Waals surface area contributed by atoms with E-state index in [4.69, 9.17) is 10.5 Å². The smallest absolute Gasteiger partial charge is 0.333 e. The number of ketones is 1. The second-order valence-electron chi connectivity index (χ2n) is 8.36. The first-order chi connectivity index (χ1) is 18.8. The highest BCUT2D eigenvalue weighted by atomic mass is 32.2. The molecule has 0 amide bonds. The summed E-state index contributed by atoms with van der Waals surface area (Å²) >= 11 is 1.05. The van der Waals surface area contributed by atoms with Gasteiger partial charge in [-0.05, 0) is 17.7 Å². The van der Waals surface area contributed by atoms with Crippen molar-refractivity contribution in [3.05, 3.63) is 86.6 Å². The predicted octanol–water partition coefficient (Wildman–Crippen LogP) is 1.59. The monoisotopic (exact) mass is 550 g/mol. The topological polar surface area (TPSA) is 153 Å². The summed E-state index contributed by atoms with van der Waals surface area (Å²) in [4.78, 5) is 51.7. The summed E-state index contributed by atoms with van der Waals surface area (Å²) in [5.74, 6) is -0.822. The van der Waals surface area contributed by atoms with E-state index in [-0.39, 0.29) is 18.1 Å². The number of aromatic nitrogens is 5. The van der Waals surface area contributed by atoms with Gasteiger partial charge in [0.2, 0.25) is 0 Å². The number of hydrogen-bond acceptors (Lipinski definition) is 10. The quantitative estimate of drug-likeness (QED) is 0.175. The summed E-state index contributed by atoms with van der Waals surface area (Å²) in [6.45, 7) is -0.672. The summed E-state index contributed by atoms with van der Waals surface area (Å²) in [6.07, 6.45) is 0. The Hall–Kier alpha value is -4.65. The third kappa shape index (κ3) is 5.62. The highest BCUT2D eigenvalue weighted by Crippen LogP contribution is 2.30. The molecular weight excluding hydrogens is 524 g/mol. The molecule has 0 atom stereocenters. The number of nitrogen functional groups attached to an aromatic ring is 1. The van der Waals surface area contributed by atoms with Crippen LogP contribution in [0.4, 0.5) is 5.82 Å². The average molecular weight is 551 g/mol. The summed E-state index contributed by atoms with van der Waals surface area (Å²) in [7, 11) is 4.43. The molecule has 0 aliphatic carbocycles. The molecule has 2 N–H and O–H groups in total. The average Bonchev–Trinajstić information content (AvgIpc) is 3.32. The van der Waals surface area contributed by atoms with E-state index in [1.807, 2.05) is 24.3 Å². The van der Waals surface area contributed by atoms with Crippen molar-refractivity contribution in [3.8, 4) is 17.1 Å². The third-order valence-electron chi connectivity index (χ3n) is 5.96. The predicted molar refractivity (Wildman–Crippen MR) is 145 cm³/mol. The number of carbonyl (C=O) groups is 2. The Kier molecular flexibility index (Phi) is 8.30.